The van der Waals surface area contributed by atoms with Crippen molar-refractivity contribution in [3.05, 3.63) is 86.4 Å². The van der Waals surface area contributed by atoms with E-state index in [0.717, 1.165) is 0 Å². The molecule has 1 unspecified atom stereocenters. The van der Waals surface area contributed by atoms with E-state index < -0.39 is 19.1 Å². The summed E-state index contributed by atoms with van der Waals surface area (Å²) < 4.78 is 23.8. The van der Waals surface area contributed by atoms with E-state index in [-0.39, 0.29) is 48.6 Å². The van der Waals surface area contributed by atoms with Gasteiger partial charge in [0.25, 0.3) is 0 Å². The van der Waals surface area contributed by atoms with Crippen LogP contribution in [0.1, 0.15) is 26.3 Å². The van der Waals surface area contributed by atoms with Crippen LogP contribution in [0.25, 0.3) is 0 Å². The van der Waals surface area contributed by atoms with Gasteiger partial charge in [0.05, 0.1) is 40.4 Å². The van der Waals surface area contributed by atoms with Crippen molar-refractivity contribution in [2.75, 3.05) is 14.2 Å². The fraction of sp³-hybridized carbons (Fsp3) is 0.0909. The van der Waals surface area contributed by atoms with Gasteiger partial charge in [0.2, 0.25) is 11.1 Å². The molecule has 0 amide bonds. The number of carbonyl (C=O) groups is 2. The molecule has 5 nitrogen and oxygen atoms in total. The minimum Gasteiger partial charge on any atom is -0.496 e. The van der Waals surface area contributed by atoms with Crippen LogP contribution >= 0.6 is 42.6 Å². The number of carbonyl (C=O) groups excluding carboxylic acids is 2. The Morgan fingerprint density at radius 1 is 0.774 bits per heavy atom. The second-order valence-corrected chi connectivity index (χ2v) is 8.87. The molecule has 0 radical (unpaired) electrons. The van der Waals surface area contributed by atoms with Crippen LogP contribution in [0.15, 0.2) is 54.6 Å². The summed E-state index contributed by atoms with van der Waals surface area (Å²) in [5.74, 6) is -0.189. The zero-order chi connectivity index (χ0) is 22.7. The van der Waals surface area contributed by atoms with Crippen LogP contribution < -0.4 is 14.8 Å². The second-order valence-electron chi connectivity index (χ2n) is 6.20. The van der Waals surface area contributed by atoms with E-state index in [4.69, 9.17) is 44.3 Å². The van der Waals surface area contributed by atoms with Crippen molar-refractivity contribution in [3.63, 3.8) is 0 Å². The van der Waals surface area contributed by atoms with Gasteiger partial charge in [0.15, 0.2) is 5.56 Å². The lowest BCUT2D eigenvalue weighted by Crippen LogP contribution is -2.17. The Kier molecular flexibility index (Phi) is 7.34. The van der Waals surface area contributed by atoms with Crippen LogP contribution in [0.2, 0.25) is 15.1 Å². The van der Waals surface area contributed by atoms with Crippen LogP contribution in [-0.2, 0) is 4.57 Å². The van der Waals surface area contributed by atoms with E-state index >= 15 is 0 Å². The first-order valence-corrected chi connectivity index (χ1v) is 11.2. The monoisotopic (exact) mass is 495 g/mol. The van der Waals surface area contributed by atoms with E-state index in [9.17, 15) is 14.2 Å². The molecule has 0 aliphatic heterocycles. The maximum absolute atomic E-state index is 13.3. The Bertz CT molecular complexity index is 1190. The Morgan fingerprint density at radius 2 is 1.35 bits per heavy atom. The van der Waals surface area contributed by atoms with Crippen molar-refractivity contribution < 1.29 is 23.6 Å². The van der Waals surface area contributed by atoms with E-state index in [1.54, 1.807) is 30.3 Å². The van der Waals surface area contributed by atoms with Crippen LogP contribution in [0.3, 0.4) is 0 Å². The Balaban J connectivity index is 2.12. The fourth-order valence-electron chi connectivity index (χ4n) is 2.99. The van der Waals surface area contributed by atoms with E-state index in [2.05, 4.69) is 0 Å². The van der Waals surface area contributed by atoms with Gasteiger partial charge in [-0.2, -0.15) is 0 Å². The molecule has 0 fully saturated rings. The zero-order valence-corrected chi connectivity index (χ0v) is 19.5. The van der Waals surface area contributed by atoms with Crippen molar-refractivity contribution in [3.8, 4) is 11.5 Å². The lowest BCUT2D eigenvalue weighted by molar-refractivity contribution is 0.103. The number of rotatable bonds is 7. The van der Waals surface area contributed by atoms with E-state index in [1.165, 1.54) is 38.5 Å². The summed E-state index contributed by atoms with van der Waals surface area (Å²) >= 11 is 18.4. The van der Waals surface area contributed by atoms with E-state index in [1.807, 2.05) is 0 Å². The number of benzene rings is 3. The molecule has 0 aliphatic rings. The molecule has 0 bridgehead atoms. The number of methoxy groups -OCH3 is 2. The highest BCUT2D eigenvalue weighted by Gasteiger charge is 2.40. The third kappa shape index (κ3) is 4.46. The van der Waals surface area contributed by atoms with Crippen molar-refractivity contribution in [2.24, 2.45) is 0 Å². The predicted octanol–water partition coefficient (Wildman–Crippen LogP) is 6.19. The molecule has 31 heavy (non-hydrogen) atoms. The second kappa shape index (κ2) is 9.80. The quantitative estimate of drug-likeness (QED) is 0.222. The molecule has 1 atom stereocenters. The van der Waals surface area contributed by atoms with Crippen molar-refractivity contribution in [1.82, 2.24) is 0 Å². The SMILES string of the molecule is COc1cccc(OC)c1C(=O)[P+](=O)c1ccccc1C(=O)c1c(Cl)ccc(Cl)c1Cl. The average molecular weight is 497 g/mol. The van der Waals surface area contributed by atoms with Gasteiger partial charge in [0.1, 0.15) is 11.5 Å². The van der Waals surface area contributed by atoms with Gasteiger partial charge in [-0.1, -0.05) is 57.6 Å². The summed E-state index contributed by atoms with van der Waals surface area (Å²) in [6, 6.07) is 13.7. The number of halogens is 3. The average Bonchev–Trinajstić information content (AvgIpc) is 2.80. The zero-order valence-electron chi connectivity index (χ0n) is 16.3. The van der Waals surface area contributed by atoms with Gasteiger partial charge >= 0.3 is 13.3 Å². The smallest absolute Gasteiger partial charge is 0.459 e. The normalized spacial score (nSPS) is 11.1. The third-order valence-electron chi connectivity index (χ3n) is 4.46. The van der Waals surface area contributed by atoms with Gasteiger partial charge in [-0.15, -0.1) is 0 Å². The van der Waals surface area contributed by atoms with Crippen LogP contribution in [0.4, 0.5) is 0 Å². The van der Waals surface area contributed by atoms with E-state index in [0.29, 0.717) is 0 Å². The van der Waals surface area contributed by atoms with Crippen LogP contribution in [0, 0.1) is 0 Å². The van der Waals surface area contributed by atoms with Crippen molar-refractivity contribution in [1.29, 1.82) is 0 Å². The standard InChI is InChI=1S/C22H15Cl3O5P/c1-29-15-7-5-8-16(30-2)19(15)22(27)31(28)17-9-4-3-6-12(17)21(26)18-13(23)10-11-14(24)20(18)25/h3-11H,1-2H3/q+1. The first-order chi connectivity index (χ1) is 14.8. The molecule has 0 saturated heterocycles. The highest BCUT2D eigenvalue weighted by molar-refractivity contribution is 7.71. The molecule has 3 aromatic rings. The summed E-state index contributed by atoms with van der Waals surface area (Å²) in [5.41, 5.74) is -0.728. The Labute approximate surface area is 194 Å². The molecular formula is C22H15Cl3O5P+. The maximum atomic E-state index is 13.3. The lowest BCUT2D eigenvalue weighted by atomic mass is 10.0. The summed E-state index contributed by atoms with van der Waals surface area (Å²) in [5, 5.41) is 0.239. The maximum Gasteiger partial charge on any atom is 0.459 e. The van der Waals surface area contributed by atoms with Gasteiger partial charge in [0, 0.05) is 0 Å². The first kappa shape index (κ1) is 23.2. The third-order valence-corrected chi connectivity index (χ3v) is 7.00. The van der Waals surface area contributed by atoms with Gasteiger partial charge in [-0.05, 0) is 36.4 Å². The van der Waals surface area contributed by atoms with Crippen LogP contribution in [-0.4, -0.2) is 25.5 Å². The largest absolute Gasteiger partial charge is 0.496 e. The Hall–Kier alpha value is -2.43. The summed E-state index contributed by atoms with van der Waals surface area (Å²) in [4.78, 5) is 26.4. The molecule has 3 rings (SSSR count). The molecule has 3 aromatic carbocycles. The first-order valence-electron chi connectivity index (χ1n) is 8.81. The highest BCUT2D eigenvalue weighted by Crippen LogP contribution is 2.39. The molecule has 0 saturated carbocycles. The molecule has 0 aliphatic carbocycles. The van der Waals surface area contributed by atoms with Crippen LogP contribution in [0.5, 0.6) is 11.5 Å². The molecular weight excluding hydrogens is 482 g/mol. The fourth-order valence-corrected chi connectivity index (χ4v) is 4.94. The van der Waals surface area contributed by atoms with Gasteiger partial charge < -0.3 is 9.47 Å². The molecule has 0 spiro atoms. The number of hydrogen-bond donors (Lipinski definition) is 0. The molecule has 0 heterocycles. The summed E-state index contributed by atoms with van der Waals surface area (Å²) in [7, 11) is 0.0598. The number of ether oxygens (including phenoxy) is 2. The topological polar surface area (TPSA) is 69.7 Å². The molecule has 0 aromatic heterocycles. The summed E-state index contributed by atoms with van der Waals surface area (Å²) in [6.45, 7) is 0. The lowest BCUT2D eigenvalue weighted by Gasteiger charge is -2.09. The predicted molar refractivity (Wildman–Crippen MR) is 122 cm³/mol. The Morgan fingerprint density at radius 3 is 1.97 bits per heavy atom. The summed E-state index contributed by atoms with van der Waals surface area (Å²) in [6.07, 6.45) is 0. The minimum atomic E-state index is -2.72. The molecule has 9 heteroatoms. The minimum absolute atomic E-state index is 0.0229. The van der Waals surface area contributed by atoms with Gasteiger partial charge in [-0.25, -0.2) is 4.79 Å². The number of hydrogen-bond acceptors (Lipinski definition) is 5. The van der Waals surface area contributed by atoms with Gasteiger partial charge in [-0.3, -0.25) is 4.79 Å². The number of ketones is 1. The van der Waals surface area contributed by atoms with Crippen molar-refractivity contribution >= 4 is 59.2 Å². The molecule has 158 valence electrons. The van der Waals surface area contributed by atoms with Crippen molar-refractivity contribution in [2.45, 2.75) is 0 Å². The molecule has 0 N–H and O–H groups in total. The highest BCUT2D eigenvalue weighted by atomic mass is 35.5.